The molecule has 0 fully saturated rings. The minimum atomic E-state index is -3.52. The summed E-state index contributed by atoms with van der Waals surface area (Å²) in [4.78, 5) is 0.580. The Hall–Kier alpha value is -2.97. The number of aryl methyl sites for hydroxylation is 1. The van der Waals surface area contributed by atoms with Crippen LogP contribution < -0.4 is 0 Å². The summed E-state index contributed by atoms with van der Waals surface area (Å²) in [5, 5.41) is 12.6. The first kappa shape index (κ1) is 19.4. The molecule has 6 nitrogen and oxygen atoms in total. The first-order valence-electron chi connectivity index (χ1n) is 8.91. The molecule has 0 radical (unpaired) electrons. The van der Waals surface area contributed by atoms with Crippen LogP contribution in [0.4, 0.5) is 0 Å². The summed E-state index contributed by atoms with van der Waals surface area (Å²) >= 11 is 1.49. The van der Waals surface area contributed by atoms with Crippen LogP contribution in [-0.4, -0.2) is 28.6 Å². The Morgan fingerprint density at radius 3 is 2.14 bits per heavy atom. The van der Waals surface area contributed by atoms with Crippen LogP contribution >= 0.6 is 11.8 Å². The van der Waals surface area contributed by atoms with Crippen LogP contribution in [0.15, 0.2) is 93.8 Å². The van der Waals surface area contributed by atoms with Crippen molar-refractivity contribution < 1.29 is 8.42 Å². The summed E-state index contributed by atoms with van der Waals surface area (Å²) in [6, 6.07) is 23.5. The van der Waals surface area contributed by atoms with E-state index in [-0.39, 0.29) is 4.90 Å². The lowest BCUT2D eigenvalue weighted by molar-refractivity contribution is 0.596. The number of tetrazole rings is 1. The summed E-state index contributed by atoms with van der Waals surface area (Å²) in [5.41, 5.74) is 2.90. The first-order chi connectivity index (χ1) is 14.0. The highest BCUT2D eigenvalue weighted by Crippen LogP contribution is 2.25. The molecule has 1 aromatic heterocycles. The Balaban J connectivity index is 1.49. The van der Waals surface area contributed by atoms with Gasteiger partial charge in [-0.05, 0) is 59.3 Å². The molecule has 4 rings (SSSR count). The molecule has 0 spiro atoms. The molecule has 0 aliphatic heterocycles. The number of benzene rings is 3. The summed E-state index contributed by atoms with van der Waals surface area (Å²) in [7, 11) is -3.52. The van der Waals surface area contributed by atoms with Gasteiger partial charge in [-0.3, -0.25) is 0 Å². The zero-order chi connectivity index (χ0) is 20.3. The van der Waals surface area contributed by atoms with Gasteiger partial charge in [0.2, 0.25) is 15.0 Å². The van der Waals surface area contributed by atoms with Gasteiger partial charge in [0.25, 0.3) is 0 Å². The number of sulfone groups is 1. The third kappa shape index (κ3) is 4.23. The second kappa shape index (κ2) is 8.18. The van der Waals surface area contributed by atoms with Crippen LogP contribution in [-0.2, 0) is 15.6 Å². The fourth-order valence-electron chi connectivity index (χ4n) is 2.77. The van der Waals surface area contributed by atoms with E-state index in [9.17, 15) is 8.42 Å². The fraction of sp³-hybridized carbons (Fsp3) is 0.0952. The van der Waals surface area contributed by atoms with Gasteiger partial charge >= 0.3 is 0 Å². The van der Waals surface area contributed by atoms with Crippen molar-refractivity contribution in [1.82, 2.24) is 20.2 Å². The molecule has 0 amide bonds. The summed E-state index contributed by atoms with van der Waals surface area (Å²) in [6.45, 7) is 1.93. The molecule has 29 heavy (non-hydrogen) atoms. The minimum absolute atomic E-state index is 0.282. The van der Waals surface area contributed by atoms with E-state index >= 15 is 0 Å². The van der Waals surface area contributed by atoms with Crippen LogP contribution in [0.2, 0.25) is 0 Å². The van der Waals surface area contributed by atoms with Crippen molar-refractivity contribution in [2.24, 2.45) is 0 Å². The molecule has 0 N–H and O–H groups in total. The van der Waals surface area contributed by atoms with Gasteiger partial charge in [-0.15, -0.1) is 5.10 Å². The number of para-hydroxylation sites is 1. The average molecular weight is 423 g/mol. The number of hydrogen-bond donors (Lipinski definition) is 0. The molecular formula is C21H18N4O2S2. The SMILES string of the molecule is Cc1ccc(S(=O)(=O)c2ccc(CSc3nnnn3-c3ccccc3)cc2)cc1. The topological polar surface area (TPSA) is 77.7 Å². The lowest BCUT2D eigenvalue weighted by Crippen LogP contribution is -2.02. The van der Waals surface area contributed by atoms with E-state index in [1.54, 1.807) is 41.1 Å². The van der Waals surface area contributed by atoms with E-state index < -0.39 is 9.84 Å². The van der Waals surface area contributed by atoms with E-state index in [0.29, 0.717) is 15.8 Å². The van der Waals surface area contributed by atoms with Crippen LogP contribution in [0.5, 0.6) is 0 Å². The standard InChI is InChI=1S/C21H18N4O2S2/c1-16-7-11-19(12-8-16)29(26,27)20-13-9-17(10-14-20)15-28-21-22-23-24-25(21)18-5-3-2-4-6-18/h2-14H,15H2,1H3. The van der Waals surface area contributed by atoms with E-state index in [4.69, 9.17) is 0 Å². The molecule has 0 unspecified atom stereocenters. The second-order valence-electron chi connectivity index (χ2n) is 6.46. The molecule has 0 bridgehead atoms. The zero-order valence-corrected chi connectivity index (χ0v) is 17.3. The quantitative estimate of drug-likeness (QED) is 0.436. The van der Waals surface area contributed by atoms with Gasteiger partial charge in [-0.1, -0.05) is 59.8 Å². The normalized spacial score (nSPS) is 11.5. The van der Waals surface area contributed by atoms with Crippen LogP contribution in [0, 0.1) is 6.92 Å². The van der Waals surface area contributed by atoms with Crippen LogP contribution in [0.1, 0.15) is 11.1 Å². The average Bonchev–Trinajstić information content (AvgIpc) is 3.22. The highest BCUT2D eigenvalue weighted by Gasteiger charge is 2.17. The summed E-state index contributed by atoms with van der Waals surface area (Å²) in [5.74, 6) is 0.623. The Bertz CT molecular complexity index is 1200. The molecule has 0 saturated heterocycles. The van der Waals surface area contributed by atoms with Gasteiger partial charge in [0.1, 0.15) is 0 Å². The number of aromatic nitrogens is 4. The number of rotatable bonds is 6. The number of nitrogens with zero attached hydrogens (tertiary/aromatic N) is 4. The molecule has 0 aliphatic rings. The Morgan fingerprint density at radius 1 is 0.862 bits per heavy atom. The molecule has 0 atom stereocenters. The van der Waals surface area contributed by atoms with E-state index in [0.717, 1.165) is 16.8 Å². The maximum Gasteiger partial charge on any atom is 0.214 e. The molecule has 4 aromatic rings. The van der Waals surface area contributed by atoms with Gasteiger partial charge in [0.05, 0.1) is 15.5 Å². The predicted molar refractivity (Wildman–Crippen MR) is 112 cm³/mol. The largest absolute Gasteiger partial charge is 0.219 e. The van der Waals surface area contributed by atoms with Crippen molar-refractivity contribution in [1.29, 1.82) is 0 Å². The van der Waals surface area contributed by atoms with Crippen molar-refractivity contribution >= 4 is 21.6 Å². The third-order valence-electron chi connectivity index (χ3n) is 4.37. The molecule has 146 valence electrons. The predicted octanol–water partition coefficient (Wildman–Crippen LogP) is 4.10. The van der Waals surface area contributed by atoms with E-state index in [1.807, 2.05) is 49.4 Å². The molecule has 0 aliphatic carbocycles. The minimum Gasteiger partial charge on any atom is -0.219 e. The molecule has 3 aromatic carbocycles. The maximum atomic E-state index is 12.8. The summed E-state index contributed by atoms with van der Waals surface area (Å²) in [6.07, 6.45) is 0. The number of hydrogen-bond acceptors (Lipinski definition) is 6. The van der Waals surface area contributed by atoms with Gasteiger partial charge < -0.3 is 0 Å². The molecule has 1 heterocycles. The van der Waals surface area contributed by atoms with Crippen molar-refractivity contribution in [3.63, 3.8) is 0 Å². The van der Waals surface area contributed by atoms with Gasteiger partial charge in [-0.2, -0.15) is 4.68 Å². The van der Waals surface area contributed by atoms with Crippen LogP contribution in [0.25, 0.3) is 5.69 Å². The smallest absolute Gasteiger partial charge is 0.214 e. The van der Waals surface area contributed by atoms with E-state index in [2.05, 4.69) is 15.5 Å². The Morgan fingerprint density at radius 2 is 1.48 bits per heavy atom. The van der Waals surface area contributed by atoms with Gasteiger partial charge in [-0.25, -0.2) is 8.42 Å². The lowest BCUT2D eigenvalue weighted by Gasteiger charge is -2.07. The Kier molecular flexibility index (Phi) is 5.46. The first-order valence-corrected chi connectivity index (χ1v) is 11.4. The molecule has 0 saturated carbocycles. The highest BCUT2D eigenvalue weighted by atomic mass is 32.2. The molecular weight excluding hydrogens is 404 g/mol. The second-order valence-corrected chi connectivity index (χ2v) is 9.35. The van der Waals surface area contributed by atoms with Crippen molar-refractivity contribution in [2.75, 3.05) is 0 Å². The van der Waals surface area contributed by atoms with Crippen LogP contribution in [0.3, 0.4) is 0 Å². The zero-order valence-electron chi connectivity index (χ0n) is 15.6. The maximum absolute atomic E-state index is 12.8. The summed E-state index contributed by atoms with van der Waals surface area (Å²) < 4.78 is 27.2. The monoisotopic (exact) mass is 422 g/mol. The van der Waals surface area contributed by atoms with Crippen molar-refractivity contribution in [3.05, 3.63) is 90.0 Å². The Labute approximate surface area is 173 Å². The lowest BCUT2D eigenvalue weighted by atomic mass is 10.2. The number of thioether (sulfide) groups is 1. The van der Waals surface area contributed by atoms with Gasteiger partial charge in [0, 0.05) is 5.75 Å². The van der Waals surface area contributed by atoms with Crippen molar-refractivity contribution in [2.45, 2.75) is 27.6 Å². The fourth-order valence-corrected chi connectivity index (χ4v) is 4.87. The van der Waals surface area contributed by atoms with E-state index in [1.165, 1.54) is 11.8 Å². The van der Waals surface area contributed by atoms with Crippen molar-refractivity contribution in [3.8, 4) is 5.69 Å². The highest BCUT2D eigenvalue weighted by molar-refractivity contribution is 7.98. The third-order valence-corrected chi connectivity index (χ3v) is 7.15. The molecule has 8 heteroatoms. The van der Waals surface area contributed by atoms with Gasteiger partial charge in [0.15, 0.2) is 0 Å².